The van der Waals surface area contributed by atoms with E-state index in [-0.39, 0.29) is 30.2 Å². The van der Waals surface area contributed by atoms with Gasteiger partial charge >= 0.3 is 0 Å². The minimum atomic E-state index is -0.212. The van der Waals surface area contributed by atoms with Gasteiger partial charge < -0.3 is 19.9 Å². The van der Waals surface area contributed by atoms with Gasteiger partial charge in [0.25, 0.3) is 11.8 Å². The van der Waals surface area contributed by atoms with Gasteiger partial charge in [0.15, 0.2) is 11.5 Å². The first kappa shape index (κ1) is 20.7. The minimum absolute atomic E-state index is 0.151. The van der Waals surface area contributed by atoms with E-state index in [2.05, 4.69) is 15.8 Å². The number of nitrogens with one attached hydrogen (secondary N) is 2. The Balaban J connectivity index is 1.28. The maximum absolute atomic E-state index is 12.3. The molecule has 0 aliphatic heterocycles. The van der Waals surface area contributed by atoms with Crippen molar-refractivity contribution in [2.75, 3.05) is 5.32 Å². The van der Waals surface area contributed by atoms with Crippen LogP contribution in [0.5, 0.6) is 5.75 Å². The predicted molar refractivity (Wildman–Crippen MR) is 116 cm³/mol. The number of aryl methyl sites for hydroxylation is 1. The van der Waals surface area contributed by atoms with Crippen LogP contribution in [0.3, 0.4) is 0 Å². The summed E-state index contributed by atoms with van der Waals surface area (Å²) < 4.78 is 10.9. The number of carbonyl (C=O) groups excluding carboxylic acids is 2. The summed E-state index contributed by atoms with van der Waals surface area (Å²) in [6.07, 6.45) is 4.33. The molecule has 3 aromatic rings. The van der Waals surface area contributed by atoms with Gasteiger partial charge in [-0.25, -0.2) is 0 Å². The van der Waals surface area contributed by atoms with E-state index in [1.54, 1.807) is 36.4 Å². The van der Waals surface area contributed by atoms with Gasteiger partial charge in [-0.15, -0.1) is 0 Å². The molecule has 2 N–H and O–H groups in total. The highest BCUT2D eigenvalue weighted by Crippen LogP contribution is 2.20. The second kappa shape index (κ2) is 9.47. The Morgan fingerprint density at radius 3 is 2.58 bits per heavy atom. The summed E-state index contributed by atoms with van der Waals surface area (Å²) in [6, 6.07) is 16.3. The zero-order valence-electron chi connectivity index (χ0n) is 17.4. The summed E-state index contributed by atoms with van der Waals surface area (Å²) in [5.41, 5.74) is 2.57. The van der Waals surface area contributed by atoms with Gasteiger partial charge in [0, 0.05) is 23.4 Å². The van der Waals surface area contributed by atoms with Gasteiger partial charge in [-0.05, 0) is 56.2 Å². The molecule has 7 nitrogen and oxygen atoms in total. The molecule has 2 amide bonds. The fourth-order valence-corrected chi connectivity index (χ4v) is 3.60. The third-order valence-electron chi connectivity index (χ3n) is 5.26. The summed E-state index contributed by atoms with van der Waals surface area (Å²) in [6.45, 7) is 2.10. The van der Waals surface area contributed by atoms with Crippen LogP contribution in [0, 0.1) is 6.92 Å². The largest absolute Gasteiger partial charge is 0.486 e. The third-order valence-corrected chi connectivity index (χ3v) is 5.26. The highest BCUT2D eigenvalue weighted by molar-refractivity contribution is 6.04. The van der Waals surface area contributed by atoms with E-state index < -0.39 is 0 Å². The number of amides is 2. The van der Waals surface area contributed by atoms with Crippen molar-refractivity contribution in [3.8, 4) is 5.75 Å². The van der Waals surface area contributed by atoms with Gasteiger partial charge in [-0.3, -0.25) is 9.59 Å². The number of hydrogen-bond donors (Lipinski definition) is 2. The van der Waals surface area contributed by atoms with Crippen molar-refractivity contribution in [1.29, 1.82) is 0 Å². The van der Waals surface area contributed by atoms with E-state index in [1.165, 1.54) is 0 Å². The fraction of sp³-hybridized carbons (Fsp3) is 0.292. The Hall–Kier alpha value is -3.61. The van der Waals surface area contributed by atoms with Crippen molar-refractivity contribution in [2.24, 2.45) is 0 Å². The van der Waals surface area contributed by atoms with Crippen LogP contribution in [-0.4, -0.2) is 23.0 Å². The van der Waals surface area contributed by atoms with E-state index in [0.717, 1.165) is 31.2 Å². The molecule has 0 spiro atoms. The average Bonchev–Trinajstić information content (AvgIpc) is 3.45. The number of rotatable bonds is 7. The first-order chi connectivity index (χ1) is 15.1. The molecule has 31 heavy (non-hydrogen) atoms. The SMILES string of the molecule is Cc1cccc(C(=O)Nc2ccc(OCc3cc(C(=O)NC4CCCC4)no3)cc2)c1. The van der Waals surface area contributed by atoms with Crippen molar-refractivity contribution < 1.29 is 18.8 Å². The lowest BCUT2D eigenvalue weighted by Crippen LogP contribution is -2.32. The Bertz CT molecular complexity index is 1050. The molecule has 0 atom stereocenters. The molecule has 0 bridgehead atoms. The normalized spacial score (nSPS) is 13.7. The highest BCUT2D eigenvalue weighted by Gasteiger charge is 2.20. The molecule has 1 saturated carbocycles. The number of anilines is 1. The van der Waals surface area contributed by atoms with Crippen molar-refractivity contribution in [1.82, 2.24) is 10.5 Å². The van der Waals surface area contributed by atoms with Gasteiger partial charge in [0.05, 0.1) is 0 Å². The smallest absolute Gasteiger partial charge is 0.273 e. The van der Waals surface area contributed by atoms with Crippen LogP contribution in [-0.2, 0) is 6.61 Å². The summed E-state index contributed by atoms with van der Waals surface area (Å²) in [5, 5.41) is 9.68. The summed E-state index contributed by atoms with van der Waals surface area (Å²) in [4.78, 5) is 24.6. The molecular formula is C24H25N3O4. The first-order valence-corrected chi connectivity index (χ1v) is 10.4. The molecule has 1 aromatic heterocycles. The summed E-state index contributed by atoms with van der Waals surface area (Å²) in [5.74, 6) is 0.702. The number of benzene rings is 2. The molecular weight excluding hydrogens is 394 g/mol. The second-order valence-electron chi connectivity index (χ2n) is 7.77. The molecule has 1 heterocycles. The molecule has 160 valence electrons. The van der Waals surface area contributed by atoms with Gasteiger partial charge in [-0.1, -0.05) is 35.7 Å². The Morgan fingerprint density at radius 2 is 1.84 bits per heavy atom. The van der Waals surface area contributed by atoms with Crippen LogP contribution < -0.4 is 15.4 Å². The molecule has 2 aromatic carbocycles. The topological polar surface area (TPSA) is 93.5 Å². The van der Waals surface area contributed by atoms with Crippen molar-refractivity contribution in [2.45, 2.75) is 45.3 Å². The van der Waals surface area contributed by atoms with Crippen LogP contribution >= 0.6 is 0 Å². The summed E-state index contributed by atoms with van der Waals surface area (Å²) >= 11 is 0. The number of hydrogen-bond acceptors (Lipinski definition) is 5. The molecule has 0 radical (unpaired) electrons. The van der Waals surface area contributed by atoms with E-state index in [0.29, 0.717) is 22.8 Å². The Kier molecular flexibility index (Phi) is 6.31. The standard InChI is InChI=1S/C24H25N3O4/c1-16-5-4-6-17(13-16)23(28)25-19-9-11-20(12-10-19)30-15-21-14-22(27-31-21)24(29)26-18-7-2-3-8-18/h4-6,9-14,18H,2-3,7-8,15H2,1H3,(H,25,28)(H,26,29). The maximum atomic E-state index is 12.3. The quantitative estimate of drug-likeness (QED) is 0.589. The van der Waals surface area contributed by atoms with Gasteiger partial charge in [0.1, 0.15) is 12.4 Å². The maximum Gasteiger partial charge on any atom is 0.273 e. The molecule has 0 saturated heterocycles. The van der Waals surface area contributed by atoms with E-state index in [1.807, 2.05) is 25.1 Å². The third kappa shape index (κ3) is 5.51. The second-order valence-corrected chi connectivity index (χ2v) is 7.77. The molecule has 1 fully saturated rings. The molecule has 0 unspecified atom stereocenters. The van der Waals surface area contributed by atoms with Crippen molar-refractivity contribution in [3.05, 3.63) is 77.2 Å². The first-order valence-electron chi connectivity index (χ1n) is 10.4. The summed E-state index contributed by atoms with van der Waals surface area (Å²) in [7, 11) is 0. The predicted octanol–water partition coefficient (Wildman–Crippen LogP) is 4.49. The van der Waals surface area contributed by atoms with Gasteiger partial charge in [-0.2, -0.15) is 0 Å². The number of ether oxygens (including phenoxy) is 1. The Morgan fingerprint density at radius 1 is 1.06 bits per heavy atom. The molecule has 1 aliphatic carbocycles. The van der Waals surface area contributed by atoms with Crippen LogP contribution in [0.4, 0.5) is 5.69 Å². The van der Waals surface area contributed by atoms with Crippen LogP contribution in [0.15, 0.2) is 59.1 Å². The highest BCUT2D eigenvalue weighted by atomic mass is 16.5. The average molecular weight is 419 g/mol. The number of carbonyl (C=O) groups is 2. The zero-order valence-corrected chi connectivity index (χ0v) is 17.4. The minimum Gasteiger partial charge on any atom is -0.486 e. The van der Waals surface area contributed by atoms with Crippen molar-refractivity contribution in [3.63, 3.8) is 0 Å². The van der Waals surface area contributed by atoms with Gasteiger partial charge in [0.2, 0.25) is 0 Å². The van der Waals surface area contributed by atoms with Crippen LogP contribution in [0.25, 0.3) is 0 Å². The Labute approximate surface area is 180 Å². The lowest BCUT2D eigenvalue weighted by atomic mass is 10.1. The lowest BCUT2D eigenvalue weighted by molar-refractivity contribution is 0.0927. The molecule has 1 aliphatic rings. The van der Waals surface area contributed by atoms with E-state index in [4.69, 9.17) is 9.26 Å². The lowest BCUT2D eigenvalue weighted by Gasteiger charge is -2.09. The van der Waals surface area contributed by atoms with E-state index in [9.17, 15) is 9.59 Å². The fourth-order valence-electron chi connectivity index (χ4n) is 3.60. The number of nitrogens with zero attached hydrogens (tertiary/aromatic N) is 1. The van der Waals surface area contributed by atoms with Crippen molar-refractivity contribution >= 4 is 17.5 Å². The monoisotopic (exact) mass is 419 g/mol. The van der Waals surface area contributed by atoms with E-state index >= 15 is 0 Å². The van der Waals surface area contributed by atoms with Crippen LogP contribution in [0.2, 0.25) is 0 Å². The number of aromatic nitrogens is 1. The molecule has 7 heteroatoms. The molecule has 4 rings (SSSR count). The van der Waals surface area contributed by atoms with Crippen LogP contribution in [0.1, 0.15) is 57.9 Å². The zero-order chi connectivity index (χ0) is 21.6.